The number of carbonyl (C=O) groups excluding carboxylic acids is 1. The SMILES string of the molecule is C#CC(=O)CCCN(C)C. The summed E-state index contributed by atoms with van der Waals surface area (Å²) in [4.78, 5) is 12.6. The van der Waals surface area contributed by atoms with Crippen LogP contribution in [0.15, 0.2) is 0 Å². The van der Waals surface area contributed by atoms with Gasteiger partial charge >= 0.3 is 0 Å². The van der Waals surface area contributed by atoms with Crippen LogP contribution in [0.4, 0.5) is 0 Å². The second-order valence-corrected chi connectivity index (χ2v) is 2.47. The summed E-state index contributed by atoms with van der Waals surface area (Å²) in [5, 5.41) is 0. The van der Waals surface area contributed by atoms with Gasteiger partial charge in [0.1, 0.15) is 0 Å². The van der Waals surface area contributed by atoms with Crippen molar-refractivity contribution in [3.63, 3.8) is 0 Å². The molecule has 0 amide bonds. The van der Waals surface area contributed by atoms with Crippen LogP contribution in [-0.2, 0) is 4.79 Å². The summed E-state index contributed by atoms with van der Waals surface area (Å²) in [6, 6.07) is 0. The first kappa shape index (κ1) is 9.19. The molecular formula is C8H13NO. The Morgan fingerprint density at radius 2 is 2.20 bits per heavy atom. The molecule has 2 nitrogen and oxygen atoms in total. The summed E-state index contributed by atoms with van der Waals surface area (Å²) in [6.45, 7) is 0.924. The molecule has 0 saturated carbocycles. The summed E-state index contributed by atoms with van der Waals surface area (Å²) >= 11 is 0. The van der Waals surface area contributed by atoms with Gasteiger partial charge in [-0.05, 0) is 33.0 Å². The van der Waals surface area contributed by atoms with Gasteiger partial charge in [-0.15, -0.1) is 6.42 Å². The Labute approximate surface area is 62.2 Å². The standard InChI is InChI=1S/C8H13NO/c1-4-8(10)6-5-7-9(2)3/h1H,5-7H2,2-3H3. The first-order valence-corrected chi connectivity index (χ1v) is 3.31. The summed E-state index contributed by atoms with van der Waals surface area (Å²) in [7, 11) is 3.95. The molecule has 0 aromatic carbocycles. The van der Waals surface area contributed by atoms with Crippen LogP contribution in [0.25, 0.3) is 0 Å². The highest BCUT2D eigenvalue weighted by atomic mass is 16.1. The number of Topliss-reactive ketones (excluding diaryl/α,β-unsaturated/α-hetero) is 1. The van der Waals surface area contributed by atoms with Crippen molar-refractivity contribution in [3.8, 4) is 12.3 Å². The zero-order valence-electron chi connectivity index (χ0n) is 6.55. The minimum atomic E-state index is -0.0955. The quantitative estimate of drug-likeness (QED) is 0.418. The van der Waals surface area contributed by atoms with Crippen molar-refractivity contribution >= 4 is 5.78 Å². The number of ketones is 1. The van der Waals surface area contributed by atoms with Crippen LogP contribution in [0.5, 0.6) is 0 Å². The van der Waals surface area contributed by atoms with Crippen molar-refractivity contribution in [2.75, 3.05) is 20.6 Å². The van der Waals surface area contributed by atoms with Crippen LogP contribution in [0.2, 0.25) is 0 Å². The first-order chi connectivity index (χ1) is 4.66. The lowest BCUT2D eigenvalue weighted by atomic mass is 10.2. The second-order valence-electron chi connectivity index (χ2n) is 2.47. The maximum Gasteiger partial charge on any atom is 0.205 e. The number of carbonyl (C=O) groups is 1. The normalized spacial score (nSPS) is 9.40. The van der Waals surface area contributed by atoms with Gasteiger partial charge in [-0.2, -0.15) is 0 Å². The van der Waals surface area contributed by atoms with Gasteiger partial charge in [-0.1, -0.05) is 0 Å². The minimum Gasteiger partial charge on any atom is -0.309 e. The molecule has 56 valence electrons. The molecule has 0 aliphatic carbocycles. The van der Waals surface area contributed by atoms with E-state index in [9.17, 15) is 4.79 Å². The van der Waals surface area contributed by atoms with E-state index in [0.717, 1.165) is 13.0 Å². The van der Waals surface area contributed by atoms with Crippen molar-refractivity contribution in [1.29, 1.82) is 0 Å². The molecule has 0 aliphatic rings. The van der Waals surface area contributed by atoms with Gasteiger partial charge in [0.2, 0.25) is 5.78 Å². The number of terminal acetylenes is 1. The van der Waals surface area contributed by atoms with Crippen molar-refractivity contribution in [2.45, 2.75) is 12.8 Å². The highest BCUT2D eigenvalue weighted by Crippen LogP contribution is 1.90. The van der Waals surface area contributed by atoms with Crippen molar-refractivity contribution in [3.05, 3.63) is 0 Å². The van der Waals surface area contributed by atoms with E-state index >= 15 is 0 Å². The molecule has 2 heteroatoms. The predicted octanol–water partition coefficient (Wildman–Crippen LogP) is 0.530. The maximum absolute atomic E-state index is 10.5. The van der Waals surface area contributed by atoms with Crippen LogP contribution >= 0.6 is 0 Å². The van der Waals surface area contributed by atoms with Crippen LogP contribution in [0.3, 0.4) is 0 Å². The van der Waals surface area contributed by atoms with Crippen molar-refractivity contribution < 1.29 is 4.79 Å². The lowest BCUT2D eigenvalue weighted by molar-refractivity contribution is -0.113. The number of hydrogen-bond donors (Lipinski definition) is 0. The zero-order chi connectivity index (χ0) is 7.98. The molecule has 0 aromatic heterocycles. The fourth-order valence-corrected chi connectivity index (χ4v) is 0.628. The Kier molecular flexibility index (Phi) is 4.61. The lowest BCUT2D eigenvalue weighted by Gasteiger charge is -2.06. The van der Waals surface area contributed by atoms with Crippen LogP contribution < -0.4 is 0 Å². The van der Waals surface area contributed by atoms with E-state index in [2.05, 4.69) is 5.92 Å². The topological polar surface area (TPSA) is 20.3 Å². The maximum atomic E-state index is 10.5. The molecule has 0 aliphatic heterocycles. The summed E-state index contributed by atoms with van der Waals surface area (Å²) in [6.07, 6.45) is 6.24. The average molecular weight is 139 g/mol. The van der Waals surface area contributed by atoms with Gasteiger partial charge in [0.25, 0.3) is 0 Å². The van der Waals surface area contributed by atoms with Gasteiger partial charge in [-0.25, -0.2) is 0 Å². The molecule has 0 bridgehead atoms. The number of rotatable bonds is 4. The second kappa shape index (κ2) is 5.01. The van der Waals surface area contributed by atoms with E-state index in [0.29, 0.717) is 6.42 Å². The molecule has 0 unspecified atom stereocenters. The van der Waals surface area contributed by atoms with Gasteiger partial charge in [-0.3, -0.25) is 4.79 Å². The van der Waals surface area contributed by atoms with Gasteiger partial charge < -0.3 is 4.90 Å². The van der Waals surface area contributed by atoms with Crippen LogP contribution in [0, 0.1) is 12.3 Å². The highest BCUT2D eigenvalue weighted by Gasteiger charge is 1.95. The van der Waals surface area contributed by atoms with Gasteiger partial charge in [0.15, 0.2) is 0 Å². The molecule has 10 heavy (non-hydrogen) atoms. The summed E-state index contributed by atoms with van der Waals surface area (Å²) < 4.78 is 0. The molecule has 0 spiro atoms. The first-order valence-electron chi connectivity index (χ1n) is 3.31. The van der Waals surface area contributed by atoms with Gasteiger partial charge in [0.05, 0.1) is 0 Å². The molecule has 0 fully saturated rings. The van der Waals surface area contributed by atoms with Crippen LogP contribution in [-0.4, -0.2) is 31.3 Å². The Morgan fingerprint density at radius 3 is 2.60 bits per heavy atom. The predicted molar refractivity (Wildman–Crippen MR) is 41.6 cm³/mol. The smallest absolute Gasteiger partial charge is 0.205 e. The van der Waals surface area contributed by atoms with E-state index in [4.69, 9.17) is 6.42 Å². The molecular weight excluding hydrogens is 126 g/mol. The molecule has 0 atom stereocenters. The summed E-state index contributed by atoms with van der Waals surface area (Å²) in [5.74, 6) is 1.99. The monoisotopic (exact) mass is 139 g/mol. The fraction of sp³-hybridized carbons (Fsp3) is 0.625. The van der Waals surface area contributed by atoms with Crippen LogP contribution in [0.1, 0.15) is 12.8 Å². The van der Waals surface area contributed by atoms with E-state index in [1.54, 1.807) is 0 Å². The Hall–Kier alpha value is -0.810. The average Bonchev–Trinajstić information content (AvgIpc) is 1.87. The molecule has 0 heterocycles. The highest BCUT2D eigenvalue weighted by molar-refractivity contribution is 5.94. The van der Waals surface area contributed by atoms with E-state index in [-0.39, 0.29) is 5.78 Å². The Balaban J connectivity index is 3.22. The summed E-state index contributed by atoms with van der Waals surface area (Å²) in [5.41, 5.74) is 0. The minimum absolute atomic E-state index is 0.0955. The largest absolute Gasteiger partial charge is 0.309 e. The van der Waals surface area contributed by atoms with E-state index in [1.165, 1.54) is 0 Å². The van der Waals surface area contributed by atoms with E-state index in [1.807, 2.05) is 19.0 Å². The molecule has 0 radical (unpaired) electrons. The zero-order valence-corrected chi connectivity index (χ0v) is 6.55. The number of hydrogen-bond acceptors (Lipinski definition) is 2. The third-order valence-electron chi connectivity index (χ3n) is 1.17. The van der Waals surface area contributed by atoms with Gasteiger partial charge in [0, 0.05) is 6.42 Å². The molecule has 0 saturated heterocycles. The van der Waals surface area contributed by atoms with E-state index < -0.39 is 0 Å². The Bertz CT molecular complexity index is 144. The molecule has 0 aromatic rings. The third-order valence-corrected chi connectivity index (χ3v) is 1.17. The Morgan fingerprint density at radius 1 is 1.60 bits per heavy atom. The van der Waals surface area contributed by atoms with Crippen molar-refractivity contribution in [2.24, 2.45) is 0 Å². The number of nitrogens with zero attached hydrogens (tertiary/aromatic N) is 1. The fourth-order valence-electron chi connectivity index (χ4n) is 0.628. The van der Waals surface area contributed by atoms with Crippen molar-refractivity contribution in [1.82, 2.24) is 4.90 Å². The molecule has 0 N–H and O–H groups in total. The molecule has 0 rings (SSSR count). The lowest BCUT2D eigenvalue weighted by Crippen LogP contribution is -2.13. The third kappa shape index (κ3) is 5.33.